The molecule has 0 N–H and O–H groups in total. The first kappa shape index (κ1) is 13.9. The van der Waals surface area contributed by atoms with Gasteiger partial charge in [-0.3, -0.25) is 0 Å². The molecule has 5 heteroatoms. The highest BCUT2D eigenvalue weighted by atomic mass is 79.9. The van der Waals surface area contributed by atoms with E-state index in [0.29, 0.717) is 5.82 Å². The maximum atomic E-state index is 4.66. The Morgan fingerprint density at radius 2 is 1.71 bits per heavy atom. The van der Waals surface area contributed by atoms with E-state index in [1.807, 2.05) is 61.9 Å². The third kappa shape index (κ3) is 2.61. The van der Waals surface area contributed by atoms with Gasteiger partial charge in [0.1, 0.15) is 0 Å². The number of aryl methyl sites for hydroxylation is 2. The first-order valence-electron chi connectivity index (χ1n) is 6.69. The Kier molecular flexibility index (Phi) is 3.59. The van der Waals surface area contributed by atoms with Crippen LogP contribution in [-0.2, 0) is 0 Å². The van der Waals surface area contributed by atoms with Gasteiger partial charge in [-0.25, -0.2) is 14.6 Å². The lowest BCUT2D eigenvalue weighted by molar-refractivity contribution is 0.799. The van der Waals surface area contributed by atoms with Crippen molar-refractivity contribution >= 4 is 15.9 Å². The molecule has 0 unspecified atom stereocenters. The maximum Gasteiger partial charge on any atom is 0.161 e. The van der Waals surface area contributed by atoms with Crippen LogP contribution in [0.25, 0.3) is 17.2 Å². The molecular formula is C16H15BrN4. The molecule has 3 aromatic rings. The summed E-state index contributed by atoms with van der Waals surface area (Å²) in [7, 11) is 0. The van der Waals surface area contributed by atoms with Crippen molar-refractivity contribution < 1.29 is 0 Å². The second kappa shape index (κ2) is 5.41. The molecule has 106 valence electrons. The number of halogens is 1. The van der Waals surface area contributed by atoms with Gasteiger partial charge in [0.2, 0.25) is 0 Å². The van der Waals surface area contributed by atoms with E-state index >= 15 is 0 Å². The number of hydrogen-bond acceptors (Lipinski definition) is 3. The molecule has 0 aliphatic heterocycles. The van der Waals surface area contributed by atoms with Crippen molar-refractivity contribution in [2.75, 3.05) is 0 Å². The summed E-state index contributed by atoms with van der Waals surface area (Å²) in [5, 5.41) is 4.54. The van der Waals surface area contributed by atoms with Gasteiger partial charge in [0.15, 0.2) is 11.6 Å². The van der Waals surface area contributed by atoms with Gasteiger partial charge in [0.25, 0.3) is 0 Å². The summed E-state index contributed by atoms with van der Waals surface area (Å²) in [5.74, 6) is 1.50. The smallest absolute Gasteiger partial charge is 0.161 e. The van der Waals surface area contributed by atoms with Crippen LogP contribution in [0.3, 0.4) is 0 Å². The molecule has 0 fully saturated rings. The summed E-state index contributed by atoms with van der Waals surface area (Å²) in [5.41, 5.74) is 3.90. The Morgan fingerprint density at radius 1 is 1.00 bits per heavy atom. The highest BCUT2D eigenvalue weighted by molar-refractivity contribution is 9.10. The Hall–Kier alpha value is -2.01. The lowest BCUT2D eigenvalue weighted by Crippen LogP contribution is -2.05. The van der Waals surface area contributed by atoms with Crippen LogP contribution in [0.4, 0.5) is 0 Å². The lowest BCUT2D eigenvalue weighted by Gasteiger charge is -2.07. The molecule has 1 aromatic carbocycles. The Morgan fingerprint density at radius 3 is 2.33 bits per heavy atom. The molecule has 0 amide bonds. The van der Waals surface area contributed by atoms with Gasteiger partial charge in [-0.05, 0) is 36.7 Å². The zero-order valence-corrected chi connectivity index (χ0v) is 13.7. The average Bonchev–Trinajstić information content (AvgIpc) is 2.75. The summed E-state index contributed by atoms with van der Waals surface area (Å²) in [6.07, 6.45) is 0. The molecule has 2 heterocycles. The van der Waals surface area contributed by atoms with E-state index in [9.17, 15) is 0 Å². The predicted molar refractivity (Wildman–Crippen MR) is 86.5 cm³/mol. The largest absolute Gasteiger partial charge is 0.233 e. The minimum Gasteiger partial charge on any atom is -0.233 e. The first-order valence-corrected chi connectivity index (χ1v) is 7.49. The van der Waals surface area contributed by atoms with Crippen molar-refractivity contribution in [3.63, 3.8) is 0 Å². The second-order valence-electron chi connectivity index (χ2n) is 4.95. The van der Waals surface area contributed by atoms with E-state index in [0.717, 1.165) is 32.9 Å². The molecule has 0 bridgehead atoms. The van der Waals surface area contributed by atoms with Crippen LogP contribution in [0.1, 0.15) is 17.1 Å². The molecule has 21 heavy (non-hydrogen) atoms. The zero-order chi connectivity index (χ0) is 15.0. The standard InChI is InChI=1S/C16H15BrN4/c1-10-9-14(21-12(3)15(17)11(2)20-21)19-16(18-10)13-7-5-4-6-8-13/h4-9H,1-3H3. The summed E-state index contributed by atoms with van der Waals surface area (Å²) in [6.45, 7) is 5.96. The molecule has 0 spiro atoms. The quantitative estimate of drug-likeness (QED) is 0.706. The van der Waals surface area contributed by atoms with Gasteiger partial charge in [-0.1, -0.05) is 30.3 Å². The molecule has 0 saturated carbocycles. The molecular weight excluding hydrogens is 328 g/mol. The monoisotopic (exact) mass is 342 g/mol. The fourth-order valence-electron chi connectivity index (χ4n) is 2.22. The summed E-state index contributed by atoms with van der Waals surface area (Å²) in [6, 6.07) is 11.9. The number of aromatic nitrogens is 4. The Bertz CT molecular complexity index is 794. The fourth-order valence-corrected chi connectivity index (χ4v) is 2.47. The topological polar surface area (TPSA) is 43.6 Å². The molecule has 0 radical (unpaired) electrons. The lowest BCUT2D eigenvalue weighted by atomic mass is 10.2. The highest BCUT2D eigenvalue weighted by Gasteiger charge is 2.13. The van der Waals surface area contributed by atoms with E-state index in [2.05, 4.69) is 31.0 Å². The summed E-state index contributed by atoms with van der Waals surface area (Å²) >= 11 is 3.55. The molecule has 4 nitrogen and oxygen atoms in total. The summed E-state index contributed by atoms with van der Waals surface area (Å²) < 4.78 is 2.86. The van der Waals surface area contributed by atoms with Crippen LogP contribution in [-0.4, -0.2) is 19.7 Å². The SMILES string of the molecule is Cc1cc(-n2nc(C)c(Br)c2C)nc(-c2ccccc2)n1. The zero-order valence-electron chi connectivity index (χ0n) is 12.1. The number of rotatable bonds is 2. The van der Waals surface area contributed by atoms with Crippen LogP contribution < -0.4 is 0 Å². The van der Waals surface area contributed by atoms with Crippen LogP contribution in [0.15, 0.2) is 40.9 Å². The van der Waals surface area contributed by atoms with Gasteiger partial charge in [0.05, 0.1) is 15.9 Å². The van der Waals surface area contributed by atoms with Crippen molar-refractivity contribution in [3.05, 3.63) is 58.0 Å². The number of nitrogens with zero attached hydrogens (tertiary/aromatic N) is 4. The summed E-state index contributed by atoms with van der Waals surface area (Å²) in [4.78, 5) is 9.18. The molecule has 0 aliphatic rings. The molecule has 3 rings (SSSR count). The van der Waals surface area contributed by atoms with Crippen LogP contribution in [0, 0.1) is 20.8 Å². The highest BCUT2D eigenvalue weighted by Crippen LogP contribution is 2.23. The van der Waals surface area contributed by atoms with Crippen molar-refractivity contribution in [2.24, 2.45) is 0 Å². The van der Waals surface area contributed by atoms with E-state index < -0.39 is 0 Å². The third-order valence-corrected chi connectivity index (χ3v) is 4.44. The van der Waals surface area contributed by atoms with Crippen molar-refractivity contribution in [1.29, 1.82) is 0 Å². The number of benzene rings is 1. The van der Waals surface area contributed by atoms with Gasteiger partial charge < -0.3 is 0 Å². The van der Waals surface area contributed by atoms with E-state index in [1.165, 1.54) is 0 Å². The van der Waals surface area contributed by atoms with E-state index in [4.69, 9.17) is 0 Å². The second-order valence-corrected chi connectivity index (χ2v) is 5.75. The van der Waals surface area contributed by atoms with E-state index in [-0.39, 0.29) is 0 Å². The Labute approximate surface area is 132 Å². The van der Waals surface area contributed by atoms with Crippen molar-refractivity contribution in [2.45, 2.75) is 20.8 Å². The molecule has 2 aromatic heterocycles. The van der Waals surface area contributed by atoms with E-state index in [1.54, 1.807) is 0 Å². The van der Waals surface area contributed by atoms with Gasteiger partial charge in [-0.2, -0.15) is 5.10 Å². The van der Waals surface area contributed by atoms with Gasteiger partial charge in [0, 0.05) is 17.3 Å². The Balaban J connectivity index is 2.16. The van der Waals surface area contributed by atoms with Gasteiger partial charge in [-0.15, -0.1) is 0 Å². The van der Waals surface area contributed by atoms with Crippen molar-refractivity contribution in [3.8, 4) is 17.2 Å². The third-order valence-electron chi connectivity index (χ3n) is 3.29. The minimum absolute atomic E-state index is 0.717. The average molecular weight is 343 g/mol. The normalized spacial score (nSPS) is 10.9. The first-order chi connectivity index (χ1) is 10.1. The van der Waals surface area contributed by atoms with Crippen LogP contribution >= 0.6 is 15.9 Å². The van der Waals surface area contributed by atoms with Crippen LogP contribution in [0.5, 0.6) is 0 Å². The number of hydrogen-bond donors (Lipinski definition) is 0. The molecule has 0 saturated heterocycles. The van der Waals surface area contributed by atoms with Crippen LogP contribution in [0.2, 0.25) is 0 Å². The predicted octanol–water partition coefficient (Wildman–Crippen LogP) is 4.02. The maximum absolute atomic E-state index is 4.66. The fraction of sp³-hybridized carbons (Fsp3) is 0.188. The molecule has 0 aliphatic carbocycles. The van der Waals surface area contributed by atoms with Gasteiger partial charge >= 0.3 is 0 Å². The molecule has 0 atom stereocenters. The minimum atomic E-state index is 0.717. The van der Waals surface area contributed by atoms with Crippen molar-refractivity contribution in [1.82, 2.24) is 19.7 Å².